The van der Waals surface area contributed by atoms with Crippen molar-refractivity contribution < 1.29 is 28.7 Å². The topological polar surface area (TPSA) is 105 Å². The molecule has 0 N–H and O–H groups in total. The number of rotatable bonds is 6. The van der Waals surface area contributed by atoms with E-state index in [0.29, 0.717) is 5.56 Å². The first-order valence-corrected chi connectivity index (χ1v) is 8.37. The number of hydrogen-bond donors (Lipinski definition) is 0. The van der Waals surface area contributed by atoms with E-state index in [4.69, 9.17) is 14.2 Å². The first kappa shape index (κ1) is 18.4. The summed E-state index contributed by atoms with van der Waals surface area (Å²) >= 11 is 0. The number of carbonyl (C=O) groups is 2. The highest BCUT2D eigenvalue weighted by molar-refractivity contribution is 6.00. The summed E-state index contributed by atoms with van der Waals surface area (Å²) in [7, 11) is 0. The van der Waals surface area contributed by atoms with E-state index in [1.54, 1.807) is 12.1 Å². The van der Waals surface area contributed by atoms with Crippen molar-refractivity contribution in [1.82, 2.24) is 0 Å². The lowest BCUT2D eigenvalue weighted by Gasteiger charge is -2.18. The second kappa shape index (κ2) is 7.86. The maximum atomic E-state index is 12.3. The molecule has 0 unspecified atom stereocenters. The molecule has 140 valence electrons. The highest BCUT2D eigenvalue weighted by Gasteiger charge is 2.27. The van der Waals surface area contributed by atoms with Gasteiger partial charge >= 0.3 is 5.97 Å². The van der Waals surface area contributed by atoms with Crippen LogP contribution >= 0.6 is 0 Å². The number of nitro benzene ring substituents is 1. The van der Waals surface area contributed by atoms with Gasteiger partial charge in [0.25, 0.3) is 5.69 Å². The van der Waals surface area contributed by atoms with Crippen molar-refractivity contribution in [3.8, 4) is 11.5 Å². The number of benzene rings is 2. The SMILES string of the molecule is CCc1ccc(C(=O)COC(=O)c2cc3c(cc2[N+](=O)[O-])OCCO3)cc1. The molecular formula is C19H17NO7. The van der Waals surface area contributed by atoms with Gasteiger partial charge in [-0.05, 0) is 12.0 Å². The van der Waals surface area contributed by atoms with Crippen LogP contribution in [0, 0.1) is 10.1 Å². The van der Waals surface area contributed by atoms with Crippen molar-refractivity contribution >= 4 is 17.4 Å². The molecule has 2 aromatic carbocycles. The van der Waals surface area contributed by atoms with Gasteiger partial charge in [0, 0.05) is 11.6 Å². The third-order valence-corrected chi connectivity index (χ3v) is 4.10. The predicted octanol–water partition coefficient (Wildman–Crippen LogP) is 2.97. The third-order valence-electron chi connectivity index (χ3n) is 4.10. The van der Waals surface area contributed by atoms with Crippen molar-refractivity contribution in [3.05, 3.63) is 63.2 Å². The molecule has 0 saturated carbocycles. The largest absolute Gasteiger partial charge is 0.486 e. The van der Waals surface area contributed by atoms with Gasteiger partial charge < -0.3 is 14.2 Å². The molecule has 27 heavy (non-hydrogen) atoms. The van der Waals surface area contributed by atoms with Crippen LogP contribution in [0.2, 0.25) is 0 Å². The Bertz CT molecular complexity index is 890. The summed E-state index contributed by atoms with van der Waals surface area (Å²) in [4.78, 5) is 35.1. The summed E-state index contributed by atoms with van der Waals surface area (Å²) in [5, 5.41) is 11.3. The van der Waals surface area contributed by atoms with Crippen molar-refractivity contribution in [2.24, 2.45) is 0 Å². The number of fused-ring (bicyclic) bond motifs is 1. The number of ketones is 1. The molecule has 0 aromatic heterocycles. The maximum absolute atomic E-state index is 12.3. The number of aryl methyl sites for hydroxylation is 1. The number of Topliss-reactive ketones (excluding diaryl/α,β-unsaturated/α-hetero) is 1. The molecule has 0 fully saturated rings. The molecule has 8 heteroatoms. The van der Waals surface area contributed by atoms with Crippen LogP contribution in [0.1, 0.15) is 33.2 Å². The molecule has 0 saturated heterocycles. The van der Waals surface area contributed by atoms with E-state index in [-0.39, 0.29) is 30.3 Å². The van der Waals surface area contributed by atoms with E-state index in [0.717, 1.165) is 18.1 Å². The maximum Gasteiger partial charge on any atom is 0.345 e. The number of ether oxygens (including phenoxy) is 3. The minimum atomic E-state index is -0.975. The van der Waals surface area contributed by atoms with Gasteiger partial charge in [0.1, 0.15) is 18.8 Å². The molecule has 0 amide bonds. The zero-order valence-electron chi connectivity index (χ0n) is 14.6. The Balaban J connectivity index is 1.75. The van der Waals surface area contributed by atoms with Crippen LogP contribution in [0.25, 0.3) is 0 Å². The van der Waals surface area contributed by atoms with Crippen LogP contribution in [0.4, 0.5) is 5.69 Å². The molecule has 0 radical (unpaired) electrons. The van der Waals surface area contributed by atoms with Gasteiger partial charge in [0.15, 0.2) is 23.9 Å². The molecule has 0 bridgehead atoms. The molecule has 0 aliphatic carbocycles. The van der Waals surface area contributed by atoms with E-state index in [9.17, 15) is 19.7 Å². The van der Waals surface area contributed by atoms with Gasteiger partial charge in [-0.3, -0.25) is 14.9 Å². The van der Waals surface area contributed by atoms with E-state index >= 15 is 0 Å². The van der Waals surface area contributed by atoms with Crippen molar-refractivity contribution in [2.75, 3.05) is 19.8 Å². The number of nitrogens with zero attached hydrogens (tertiary/aromatic N) is 1. The average molecular weight is 371 g/mol. The fraction of sp³-hybridized carbons (Fsp3) is 0.263. The number of esters is 1. The molecule has 1 aliphatic heterocycles. The molecule has 2 aromatic rings. The van der Waals surface area contributed by atoms with Gasteiger partial charge in [0.2, 0.25) is 0 Å². The van der Waals surface area contributed by atoms with Crippen LogP contribution < -0.4 is 9.47 Å². The highest BCUT2D eigenvalue weighted by atomic mass is 16.6. The first-order chi connectivity index (χ1) is 13.0. The summed E-state index contributed by atoms with van der Waals surface area (Å²) in [6.45, 7) is 2.01. The van der Waals surface area contributed by atoms with Crippen molar-refractivity contribution in [3.63, 3.8) is 0 Å². The van der Waals surface area contributed by atoms with E-state index in [1.165, 1.54) is 6.07 Å². The number of carbonyl (C=O) groups excluding carboxylic acids is 2. The van der Waals surface area contributed by atoms with Crippen LogP contribution in [-0.2, 0) is 11.2 Å². The summed E-state index contributed by atoms with van der Waals surface area (Å²) < 4.78 is 15.6. The zero-order chi connectivity index (χ0) is 19.4. The lowest BCUT2D eigenvalue weighted by atomic mass is 10.1. The van der Waals surface area contributed by atoms with Gasteiger partial charge in [-0.15, -0.1) is 0 Å². The number of hydrogen-bond acceptors (Lipinski definition) is 7. The average Bonchev–Trinajstić information content (AvgIpc) is 2.70. The smallest absolute Gasteiger partial charge is 0.345 e. The molecule has 1 aliphatic rings. The Labute approximate surface area is 154 Å². The lowest BCUT2D eigenvalue weighted by Crippen LogP contribution is -2.18. The Morgan fingerprint density at radius 3 is 2.33 bits per heavy atom. The third kappa shape index (κ3) is 4.05. The molecule has 3 rings (SSSR count). The fourth-order valence-corrected chi connectivity index (χ4v) is 2.61. The minimum Gasteiger partial charge on any atom is -0.486 e. The van der Waals surface area contributed by atoms with Crippen LogP contribution in [0.15, 0.2) is 36.4 Å². The van der Waals surface area contributed by atoms with Gasteiger partial charge in [-0.2, -0.15) is 0 Å². The van der Waals surface area contributed by atoms with Crippen LogP contribution in [0.3, 0.4) is 0 Å². The standard InChI is InChI=1S/C19H17NO7/c1-2-12-3-5-13(6-4-12)16(21)11-27-19(22)14-9-17-18(26-8-7-25-17)10-15(14)20(23)24/h3-6,9-10H,2,7-8,11H2,1H3. The summed E-state index contributed by atoms with van der Waals surface area (Å²) in [6.07, 6.45) is 0.844. The van der Waals surface area contributed by atoms with Gasteiger partial charge in [0.05, 0.1) is 11.0 Å². The monoisotopic (exact) mass is 371 g/mol. The second-order valence-electron chi connectivity index (χ2n) is 5.82. The molecule has 1 heterocycles. The van der Waals surface area contributed by atoms with Gasteiger partial charge in [-0.25, -0.2) is 4.79 Å². The quantitative estimate of drug-likeness (QED) is 0.333. The summed E-state index contributed by atoms with van der Waals surface area (Å²) in [5.74, 6) is -0.958. The Morgan fingerprint density at radius 1 is 1.11 bits per heavy atom. The predicted molar refractivity (Wildman–Crippen MR) is 94.5 cm³/mol. The Kier molecular flexibility index (Phi) is 5.35. The van der Waals surface area contributed by atoms with Gasteiger partial charge in [-0.1, -0.05) is 31.2 Å². The van der Waals surface area contributed by atoms with E-state index < -0.39 is 29.0 Å². The van der Waals surface area contributed by atoms with Crippen LogP contribution in [-0.4, -0.2) is 36.5 Å². The zero-order valence-corrected chi connectivity index (χ0v) is 14.6. The number of nitro groups is 1. The fourth-order valence-electron chi connectivity index (χ4n) is 2.61. The summed E-state index contributed by atoms with van der Waals surface area (Å²) in [5.41, 5.74) is 0.717. The normalized spacial score (nSPS) is 12.3. The Morgan fingerprint density at radius 2 is 1.74 bits per heavy atom. The molecular weight excluding hydrogens is 354 g/mol. The lowest BCUT2D eigenvalue weighted by molar-refractivity contribution is -0.385. The second-order valence-corrected chi connectivity index (χ2v) is 5.82. The van der Waals surface area contributed by atoms with E-state index in [2.05, 4.69) is 0 Å². The van der Waals surface area contributed by atoms with E-state index in [1.807, 2.05) is 19.1 Å². The van der Waals surface area contributed by atoms with Crippen molar-refractivity contribution in [1.29, 1.82) is 0 Å². The Hall–Kier alpha value is -3.42. The molecule has 0 spiro atoms. The summed E-state index contributed by atoms with van der Waals surface area (Å²) in [6, 6.07) is 9.27. The highest BCUT2D eigenvalue weighted by Crippen LogP contribution is 2.36. The van der Waals surface area contributed by atoms with Crippen LogP contribution in [0.5, 0.6) is 11.5 Å². The first-order valence-electron chi connectivity index (χ1n) is 8.37. The molecule has 8 nitrogen and oxygen atoms in total. The minimum absolute atomic E-state index is 0.191. The van der Waals surface area contributed by atoms with Crippen molar-refractivity contribution in [2.45, 2.75) is 13.3 Å². The molecule has 0 atom stereocenters.